The largest absolute Gasteiger partial charge is 0.290 e. The number of allylic oxidation sites excluding steroid dienone is 1. The van der Waals surface area contributed by atoms with E-state index in [0.717, 1.165) is 21.7 Å². The lowest BCUT2D eigenvalue weighted by Crippen LogP contribution is -2.32. The van der Waals surface area contributed by atoms with Crippen LogP contribution in [0.4, 0.5) is 0 Å². The van der Waals surface area contributed by atoms with E-state index in [9.17, 15) is 0 Å². The van der Waals surface area contributed by atoms with Gasteiger partial charge in [-0.3, -0.25) is 9.71 Å². The molecule has 0 saturated heterocycles. The van der Waals surface area contributed by atoms with Crippen molar-refractivity contribution in [3.05, 3.63) is 57.4 Å². The van der Waals surface area contributed by atoms with Gasteiger partial charge in [0.1, 0.15) is 0 Å². The van der Waals surface area contributed by atoms with Crippen LogP contribution in [-0.2, 0) is 0 Å². The van der Waals surface area contributed by atoms with E-state index in [1.807, 2.05) is 26.1 Å². The molecule has 0 bridgehead atoms. The molecule has 0 aliphatic rings. The summed E-state index contributed by atoms with van der Waals surface area (Å²) in [4.78, 5) is 6.85. The fourth-order valence-electron chi connectivity index (χ4n) is 2.16. The number of nitrogens with one attached hydrogen (secondary N) is 1. The fraction of sp³-hybridized carbons (Fsp3) is 0.188. The van der Waals surface area contributed by atoms with Crippen LogP contribution in [0.15, 0.2) is 52.7 Å². The topological polar surface area (TPSA) is 24.4 Å². The van der Waals surface area contributed by atoms with Gasteiger partial charge in [-0.25, -0.2) is 0 Å². The van der Waals surface area contributed by atoms with Gasteiger partial charge in [0.25, 0.3) is 0 Å². The molecule has 0 radical (unpaired) electrons. The molecule has 0 amide bonds. The lowest BCUT2D eigenvalue weighted by atomic mass is 9.96. The minimum absolute atomic E-state index is 0.120. The maximum atomic E-state index is 4.50. The normalized spacial score (nSPS) is 14.2. The Hall–Kier alpha value is -1.14. The van der Waals surface area contributed by atoms with Gasteiger partial charge in [0.2, 0.25) is 0 Å². The monoisotopic (exact) mass is 334 g/mol. The van der Waals surface area contributed by atoms with Gasteiger partial charge in [0.05, 0.1) is 11.8 Å². The van der Waals surface area contributed by atoms with Crippen LogP contribution < -0.4 is 4.72 Å². The third-order valence-electron chi connectivity index (χ3n) is 3.18. The molecule has 0 spiro atoms. The zero-order chi connectivity index (χ0) is 15.2. The van der Waals surface area contributed by atoms with E-state index < -0.39 is 0 Å². The van der Waals surface area contributed by atoms with E-state index in [1.54, 1.807) is 22.7 Å². The van der Waals surface area contributed by atoms with Gasteiger partial charge in [-0.15, -0.1) is 22.7 Å². The number of nitrogens with zero attached hydrogens (tertiary/aromatic N) is 1. The number of hydrogen-bond acceptors (Lipinski definition) is 5. The lowest BCUT2D eigenvalue weighted by molar-refractivity contribution is 1.02. The average molecular weight is 335 g/mol. The van der Waals surface area contributed by atoms with E-state index in [4.69, 9.17) is 0 Å². The van der Waals surface area contributed by atoms with Crippen LogP contribution >= 0.6 is 35.5 Å². The Morgan fingerprint density at radius 1 is 1.29 bits per heavy atom. The predicted molar refractivity (Wildman–Crippen MR) is 101 cm³/mol. The molecule has 1 N–H and O–H groups in total. The van der Waals surface area contributed by atoms with Crippen LogP contribution in [-0.4, -0.2) is 18.8 Å². The summed E-state index contributed by atoms with van der Waals surface area (Å²) in [7, 11) is 1.81. The van der Waals surface area contributed by atoms with Crippen molar-refractivity contribution in [1.82, 2.24) is 4.72 Å². The summed E-state index contributed by atoms with van der Waals surface area (Å²) in [5, 5.41) is 4.12. The van der Waals surface area contributed by atoms with Crippen molar-refractivity contribution in [2.75, 3.05) is 7.05 Å². The van der Waals surface area contributed by atoms with Crippen LogP contribution in [0, 0.1) is 0 Å². The van der Waals surface area contributed by atoms with Crippen molar-refractivity contribution in [3.63, 3.8) is 0 Å². The highest BCUT2D eigenvalue weighted by Gasteiger charge is 2.23. The highest BCUT2D eigenvalue weighted by atomic mass is 32.1. The number of rotatable bonds is 6. The molecule has 2 aromatic heterocycles. The summed E-state index contributed by atoms with van der Waals surface area (Å²) in [6, 6.07) is 8.13. The minimum Gasteiger partial charge on any atom is -0.290 e. The second kappa shape index (κ2) is 7.75. The minimum atomic E-state index is -0.120. The van der Waals surface area contributed by atoms with Gasteiger partial charge in [-0.05, 0) is 35.4 Å². The maximum Gasteiger partial charge on any atom is 0.0850 e. The summed E-state index contributed by atoms with van der Waals surface area (Å²) in [5.41, 5.74) is 3.06. The van der Waals surface area contributed by atoms with Crippen molar-refractivity contribution in [1.29, 1.82) is 0 Å². The molecule has 0 aliphatic carbocycles. The van der Waals surface area contributed by atoms with Crippen LogP contribution in [0.1, 0.15) is 16.7 Å². The molecule has 1 atom stereocenters. The smallest absolute Gasteiger partial charge is 0.0850 e. The summed E-state index contributed by atoms with van der Waals surface area (Å²) < 4.78 is 3.05. The van der Waals surface area contributed by atoms with Gasteiger partial charge in [-0.1, -0.05) is 37.6 Å². The summed E-state index contributed by atoms with van der Waals surface area (Å²) >= 11 is 7.68. The van der Waals surface area contributed by atoms with Crippen LogP contribution in [0.25, 0.3) is 11.1 Å². The SMILES string of the molecule is C=C(c1cccs1)C(NS)C(=NC)/C(=C\C)c1cccs1. The first kappa shape index (κ1) is 16.2. The number of thiophene rings is 2. The van der Waals surface area contributed by atoms with Crippen molar-refractivity contribution in [2.45, 2.75) is 13.0 Å². The Morgan fingerprint density at radius 2 is 1.90 bits per heavy atom. The van der Waals surface area contributed by atoms with Crippen molar-refractivity contribution in [3.8, 4) is 0 Å². The Balaban J connectivity index is 2.37. The molecule has 2 heterocycles. The number of aliphatic imine (C=N–C) groups is 1. The van der Waals surface area contributed by atoms with E-state index in [1.165, 1.54) is 4.88 Å². The number of hydrogen-bond donors (Lipinski definition) is 2. The standard InChI is InChI=1S/C16H18N2S3/c1-4-12(14-8-6-10-21-14)16(17-3)15(18-19)11(2)13-7-5-9-20-13/h4-10,15,18-19H,2H2,1,3H3/b12-4-,17-16?. The second-order valence-electron chi connectivity index (χ2n) is 4.35. The quantitative estimate of drug-likeness (QED) is 0.575. The molecule has 21 heavy (non-hydrogen) atoms. The third kappa shape index (κ3) is 3.55. The molecule has 2 aromatic rings. The van der Waals surface area contributed by atoms with E-state index in [2.05, 4.69) is 58.1 Å². The molecule has 0 saturated carbocycles. The first-order valence-electron chi connectivity index (χ1n) is 6.52. The van der Waals surface area contributed by atoms with Crippen molar-refractivity contribution in [2.24, 2.45) is 4.99 Å². The molecule has 0 aromatic carbocycles. The first-order valence-corrected chi connectivity index (χ1v) is 8.73. The third-order valence-corrected chi connectivity index (χ3v) is 5.29. The summed E-state index contributed by atoms with van der Waals surface area (Å²) in [5.74, 6) is 0. The Morgan fingerprint density at radius 3 is 2.33 bits per heavy atom. The highest BCUT2D eigenvalue weighted by molar-refractivity contribution is 7.78. The van der Waals surface area contributed by atoms with E-state index in [0.29, 0.717) is 0 Å². The van der Waals surface area contributed by atoms with E-state index in [-0.39, 0.29) is 6.04 Å². The second-order valence-corrected chi connectivity index (χ2v) is 6.51. The van der Waals surface area contributed by atoms with Gasteiger partial charge in [-0.2, -0.15) is 0 Å². The lowest BCUT2D eigenvalue weighted by Gasteiger charge is -2.21. The van der Waals surface area contributed by atoms with Gasteiger partial charge < -0.3 is 0 Å². The molecule has 0 aliphatic heterocycles. The first-order chi connectivity index (χ1) is 10.2. The average Bonchev–Trinajstić information content (AvgIpc) is 3.20. The maximum absolute atomic E-state index is 4.50. The van der Waals surface area contributed by atoms with Gasteiger partial charge >= 0.3 is 0 Å². The fourth-order valence-corrected chi connectivity index (χ4v) is 3.98. The Kier molecular flexibility index (Phi) is 5.99. The molecule has 110 valence electrons. The van der Waals surface area contributed by atoms with Crippen LogP contribution in [0.2, 0.25) is 0 Å². The zero-order valence-corrected chi connectivity index (χ0v) is 14.6. The predicted octanol–water partition coefficient (Wildman–Crippen LogP) is 4.80. The highest BCUT2D eigenvalue weighted by Crippen LogP contribution is 2.29. The Labute approximate surface area is 139 Å². The Bertz CT molecular complexity index is 637. The molecular formula is C16H18N2S3. The van der Waals surface area contributed by atoms with E-state index >= 15 is 0 Å². The van der Waals surface area contributed by atoms with Crippen molar-refractivity contribution < 1.29 is 0 Å². The van der Waals surface area contributed by atoms with Crippen LogP contribution in [0.5, 0.6) is 0 Å². The molecular weight excluding hydrogens is 316 g/mol. The molecule has 2 rings (SSSR count). The number of thiol groups is 1. The molecule has 5 heteroatoms. The summed E-state index contributed by atoms with van der Waals surface area (Å²) in [6.45, 7) is 6.26. The zero-order valence-electron chi connectivity index (χ0n) is 12.0. The van der Waals surface area contributed by atoms with Gasteiger partial charge in [0, 0.05) is 22.4 Å². The van der Waals surface area contributed by atoms with Crippen molar-refractivity contribution >= 4 is 52.3 Å². The van der Waals surface area contributed by atoms with Crippen LogP contribution in [0.3, 0.4) is 0 Å². The molecule has 0 fully saturated rings. The summed E-state index contributed by atoms with van der Waals surface area (Å²) in [6.07, 6.45) is 2.09. The molecule has 2 nitrogen and oxygen atoms in total. The van der Waals surface area contributed by atoms with Gasteiger partial charge in [0.15, 0.2) is 0 Å². The molecule has 1 unspecified atom stereocenters.